The quantitative estimate of drug-likeness (QED) is 0.132. The van der Waals surface area contributed by atoms with E-state index in [1.807, 2.05) is 54.6 Å². The zero-order valence-electron chi connectivity index (χ0n) is 30.5. The number of nitriles is 1. The van der Waals surface area contributed by atoms with Gasteiger partial charge in [-0.25, -0.2) is 4.98 Å². The van der Waals surface area contributed by atoms with Gasteiger partial charge in [0.25, 0.3) is 0 Å². The summed E-state index contributed by atoms with van der Waals surface area (Å²) in [6.45, 7) is 2.39. The second-order valence-corrected chi connectivity index (χ2v) is 13.8. The molecular weight excluding hydrogens is 777 g/mol. The monoisotopic (exact) mass is 817 g/mol. The number of hydrogen-bond acceptors (Lipinski definition) is 3. The predicted molar refractivity (Wildman–Crippen MR) is 194 cm³/mol. The Labute approximate surface area is 306 Å². The van der Waals surface area contributed by atoms with Crippen molar-refractivity contribution < 1.29 is 24.2 Å². The summed E-state index contributed by atoms with van der Waals surface area (Å²) < 4.78 is 26.1. The molecule has 10 rings (SSSR count). The molecule has 49 heavy (non-hydrogen) atoms. The molecule has 2 bridgehead atoms. The minimum absolute atomic E-state index is 0. The van der Waals surface area contributed by atoms with E-state index in [4.69, 9.17) is 4.11 Å². The number of nitrogens with zero attached hydrogens (tertiary/aromatic N) is 4. The minimum atomic E-state index is -2.51. The Hall–Kier alpha value is -4.62. The molecular formula is C44H37IrN4. The molecule has 242 valence electrons. The number of pyridine rings is 2. The zero-order chi connectivity index (χ0) is 35.4. The first kappa shape index (κ1) is 29.3. The van der Waals surface area contributed by atoms with Crippen LogP contribution in [0.5, 0.6) is 0 Å². The fraction of sp³-hybridized carbons (Fsp3) is 0.227. The van der Waals surface area contributed by atoms with Gasteiger partial charge in [-0.2, -0.15) is 52.5 Å². The van der Waals surface area contributed by atoms with Crippen molar-refractivity contribution in [2.75, 3.05) is 0 Å². The van der Waals surface area contributed by atoms with Crippen LogP contribution in [-0.2, 0) is 20.1 Å². The number of hydrogen-bond donors (Lipinski definition) is 0. The standard InChI is InChI=1S/C28H17N4.C16H20.Ir/c1-18-28-26-22(21-13-11-20(12-14-21)19-7-3-2-4-8-19)15-16-30-27(26)23-9-5-6-10-24(23)32(28)25(17-29)31-18;1-15-8-10-16(2,11-9-15)14(12-15)13-6-4-3-5-7-13;/h2-8,10-16H,1H3;3-6,12,14H,8-11H2,1-2H3;/q-1;-2;+3/i1D3;;. The van der Waals surface area contributed by atoms with Gasteiger partial charge in [0.15, 0.2) is 0 Å². The maximum absolute atomic E-state index is 9.83. The van der Waals surface area contributed by atoms with Gasteiger partial charge in [0.05, 0.1) is 11.2 Å². The van der Waals surface area contributed by atoms with Crippen LogP contribution in [0.3, 0.4) is 0 Å². The Morgan fingerprint density at radius 3 is 2.29 bits per heavy atom. The summed E-state index contributed by atoms with van der Waals surface area (Å²) in [5.74, 6) is 0.646. The Balaban J connectivity index is 0.000000207. The molecule has 4 aromatic carbocycles. The Morgan fingerprint density at radius 1 is 0.857 bits per heavy atom. The molecule has 3 fully saturated rings. The van der Waals surface area contributed by atoms with Gasteiger partial charge >= 0.3 is 20.1 Å². The molecule has 0 spiro atoms. The van der Waals surface area contributed by atoms with Gasteiger partial charge in [-0.15, -0.1) is 29.7 Å². The van der Waals surface area contributed by atoms with Crippen molar-refractivity contribution in [1.29, 1.82) is 5.26 Å². The molecule has 5 heteroatoms. The number of imidazole rings is 1. The summed E-state index contributed by atoms with van der Waals surface area (Å²) in [6, 6.07) is 42.8. The van der Waals surface area contributed by atoms with E-state index >= 15 is 0 Å². The van der Waals surface area contributed by atoms with Crippen molar-refractivity contribution >= 4 is 27.3 Å². The summed E-state index contributed by atoms with van der Waals surface area (Å²) in [7, 11) is 0. The molecule has 3 aliphatic carbocycles. The van der Waals surface area contributed by atoms with Gasteiger partial charge in [0.2, 0.25) is 5.82 Å². The zero-order valence-corrected chi connectivity index (χ0v) is 29.9. The van der Waals surface area contributed by atoms with Gasteiger partial charge in [0.1, 0.15) is 6.07 Å². The normalized spacial score (nSPS) is 22.3. The smallest absolute Gasteiger partial charge is 0.326 e. The topological polar surface area (TPSA) is 54.0 Å². The van der Waals surface area contributed by atoms with Crippen LogP contribution < -0.4 is 0 Å². The van der Waals surface area contributed by atoms with Crippen molar-refractivity contribution in [2.24, 2.45) is 10.8 Å². The maximum Gasteiger partial charge on any atom is 3.00 e. The Bertz CT molecular complexity index is 2420. The third-order valence-electron chi connectivity index (χ3n) is 10.7. The van der Waals surface area contributed by atoms with Crippen molar-refractivity contribution in [3.05, 3.63) is 145 Å². The molecule has 3 aromatic heterocycles. The van der Waals surface area contributed by atoms with Crippen LogP contribution in [0.1, 0.15) is 66.6 Å². The largest absolute Gasteiger partial charge is 3.00 e. The molecule has 0 saturated heterocycles. The SMILES string of the molecule is CC12[CH-]C(c3[c-]cccc3)C(C)(CC1)CC2.[2H]C([2H])([2H])c1nc(C#N)n2c3ccc[c-]c3c3nccc(-c4ccc(-c5ccccc5)cc4)c3c12.[Ir+3]. The number of aryl methyl sites for hydroxylation is 1. The van der Waals surface area contributed by atoms with E-state index in [1.165, 1.54) is 31.2 Å². The Kier molecular flexibility index (Phi) is 7.78. The molecule has 0 aliphatic heterocycles. The van der Waals surface area contributed by atoms with Gasteiger partial charge in [-0.05, 0) is 51.6 Å². The molecule has 0 amide bonds. The molecule has 4 nitrogen and oxygen atoms in total. The third kappa shape index (κ3) is 5.78. The van der Waals surface area contributed by atoms with Gasteiger partial charge in [-0.3, -0.25) is 0 Å². The second kappa shape index (κ2) is 13.0. The van der Waals surface area contributed by atoms with E-state index in [0.29, 0.717) is 44.1 Å². The molecule has 0 radical (unpaired) electrons. The number of fused-ring (bicyclic) bond motifs is 9. The van der Waals surface area contributed by atoms with E-state index in [2.05, 4.69) is 84.8 Å². The number of aromatic nitrogens is 3. The van der Waals surface area contributed by atoms with Crippen LogP contribution in [0.15, 0.2) is 109 Å². The average molecular weight is 817 g/mol. The van der Waals surface area contributed by atoms with E-state index < -0.39 is 6.85 Å². The molecule has 1 unspecified atom stereocenters. The van der Waals surface area contributed by atoms with Crippen molar-refractivity contribution in [3.63, 3.8) is 0 Å². The molecule has 0 N–H and O–H groups in total. The van der Waals surface area contributed by atoms with Crippen LogP contribution in [0.4, 0.5) is 0 Å². The van der Waals surface area contributed by atoms with Crippen LogP contribution in [-0.4, -0.2) is 14.4 Å². The van der Waals surface area contributed by atoms with Gasteiger partial charge in [0, 0.05) is 10.3 Å². The van der Waals surface area contributed by atoms with Crippen molar-refractivity contribution in [2.45, 2.75) is 52.3 Å². The first-order chi connectivity index (χ1) is 24.6. The predicted octanol–water partition coefficient (Wildman–Crippen LogP) is 10.7. The van der Waals surface area contributed by atoms with E-state index in [-0.39, 0.29) is 31.6 Å². The summed E-state index contributed by atoms with van der Waals surface area (Å²) >= 11 is 0. The summed E-state index contributed by atoms with van der Waals surface area (Å²) in [6.07, 6.45) is 9.86. The number of rotatable bonds is 3. The number of benzene rings is 4. The van der Waals surface area contributed by atoms with Gasteiger partial charge in [-0.1, -0.05) is 99.5 Å². The van der Waals surface area contributed by atoms with Crippen LogP contribution in [0, 0.1) is 47.6 Å². The molecule has 7 aromatic rings. The van der Waals surface area contributed by atoms with Crippen LogP contribution in [0.2, 0.25) is 0 Å². The summed E-state index contributed by atoms with van der Waals surface area (Å²) in [5, 5.41) is 11.2. The third-order valence-corrected chi connectivity index (χ3v) is 10.7. The van der Waals surface area contributed by atoms with Gasteiger partial charge < -0.3 is 15.8 Å². The summed E-state index contributed by atoms with van der Waals surface area (Å²) in [4.78, 5) is 8.90. The van der Waals surface area contributed by atoms with E-state index in [0.717, 1.165) is 22.3 Å². The van der Waals surface area contributed by atoms with E-state index in [1.54, 1.807) is 22.7 Å². The second-order valence-electron chi connectivity index (χ2n) is 13.8. The first-order valence-corrected chi connectivity index (χ1v) is 16.6. The Morgan fingerprint density at radius 2 is 1.57 bits per heavy atom. The molecule has 3 saturated carbocycles. The maximum atomic E-state index is 9.83. The first-order valence-electron chi connectivity index (χ1n) is 18.1. The summed E-state index contributed by atoms with van der Waals surface area (Å²) in [5.41, 5.74) is 7.82. The van der Waals surface area contributed by atoms with Crippen molar-refractivity contribution in [3.8, 4) is 28.3 Å². The van der Waals surface area contributed by atoms with Crippen LogP contribution in [0.25, 0.3) is 49.6 Å². The van der Waals surface area contributed by atoms with E-state index in [9.17, 15) is 5.26 Å². The average Bonchev–Trinajstić information content (AvgIpc) is 3.57. The minimum Gasteiger partial charge on any atom is -0.326 e. The molecule has 3 heterocycles. The molecule has 3 aliphatic rings. The fourth-order valence-corrected chi connectivity index (χ4v) is 7.91. The molecule has 1 atom stereocenters. The van der Waals surface area contributed by atoms with Crippen LogP contribution >= 0.6 is 0 Å². The fourth-order valence-electron chi connectivity index (χ4n) is 7.91. The van der Waals surface area contributed by atoms with Crippen molar-refractivity contribution in [1.82, 2.24) is 14.4 Å².